The lowest BCUT2D eigenvalue weighted by Crippen LogP contribution is -2.47. The first kappa shape index (κ1) is 12.4. The maximum Gasteiger partial charge on any atom is 0.318 e. The zero-order chi connectivity index (χ0) is 13.0. The predicted octanol–water partition coefficient (Wildman–Crippen LogP) is 1.30. The van der Waals surface area contributed by atoms with E-state index in [1.165, 1.54) is 0 Å². The summed E-state index contributed by atoms with van der Waals surface area (Å²) in [5.41, 5.74) is 6.55. The molecule has 96 valence electrons. The van der Waals surface area contributed by atoms with E-state index in [1.807, 2.05) is 30.3 Å². The molecule has 1 saturated heterocycles. The average molecular weight is 246 g/mol. The van der Waals surface area contributed by atoms with Crippen molar-refractivity contribution in [2.75, 3.05) is 6.54 Å². The lowest BCUT2D eigenvalue weighted by Gasteiger charge is -2.23. The van der Waals surface area contributed by atoms with Gasteiger partial charge in [-0.1, -0.05) is 30.3 Å². The van der Waals surface area contributed by atoms with Gasteiger partial charge in [-0.25, -0.2) is 4.79 Å². The van der Waals surface area contributed by atoms with Crippen LogP contribution in [0.5, 0.6) is 0 Å². The minimum Gasteiger partial charge on any atom is -0.386 e. The van der Waals surface area contributed by atoms with Crippen LogP contribution in [0.3, 0.4) is 0 Å². The third kappa shape index (κ3) is 2.80. The number of nitrogens with zero attached hydrogens (tertiary/aromatic N) is 1. The number of urea groups is 1. The number of nitrogens with two attached hydrogens (primary N) is 1. The minimum absolute atomic E-state index is 0.0716. The molecule has 1 aliphatic rings. The van der Waals surface area contributed by atoms with E-state index in [-0.39, 0.29) is 17.9 Å². The van der Waals surface area contributed by atoms with Crippen molar-refractivity contribution in [3.63, 3.8) is 0 Å². The second-order valence-electron chi connectivity index (χ2n) is 4.45. The lowest BCUT2D eigenvalue weighted by molar-refractivity contribution is 0.202. The van der Waals surface area contributed by atoms with Crippen molar-refractivity contribution in [1.82, 2.24) is 10.2 Å². The molecule has 1 fully saturated rings. The Bertz CT molecular complexity index is 432. The fourth-order valence-electron chi connectivity index (χ4n) is 2.21. The van der Waals surface area contributed by atoms with Crippen molar-refractivity contribution in [1.29, 1.82) is 5.41 Å². The summed E-state index contributed by atoms with van der Waals surface area (Å²) in [5.74, 6) is 0.0716. The molecule has 0 aromatic heterocycles. The van der Waals surface area contributed by atoms with Crippen molar-refractivity contribution in [2.45, 2.75) is 25.4 Å². The van der Waals surface area contributed by atoms with Crippen LogP contribution in [0.2, 0.25) is 0 Å². The molecule has 2 amide bonds. The van der Waals surface area contributed by atoms with Crippen LogP contribution < -0.4 is 11.1 Å². The number of likely N-dealkylation sites (tertiary alicyclic amines) is 1. The van der Waals surface area contributed by atoms with E-state index in [4.69, 9.17) is 11.1 Å². The van der Waals surface area contributed by atoms with E-state index in [2.05, 4.69) is 5.32 Å². The largest absolute Gasteiger partial charge is 0.386 e. The molecule has 4 N–H and O–H groups in total. The standard InChI is InChI=1S/C13H18N4O/c14-12(15)11-7-4-8-17(11)13(18)16-9-10-5-2-1-3-6-10/h1-3,5-6,11H,4,7-9H2,(H3,14,15)(H,16,18). The van der Waals surface area contributed by atoms with Crippen molar-refractivity contribution >= 4 is 11.9 Å². The Labute approximate surface area is 106 Å². The Morgan fingerprint density at radius 1 is 1.44 bits per heavy atom. The number of carbonyl (C=O) groups excluding carboxylic acids is 1. The maximum absolute atomic E-state index is 12.0. The molecule has 0 bridgehead atoms. The Balaban J connectivity index is 1.90. The number of amidine groups is 1. The molecule has 1 aromatic carbocycles. The molecule has 1 unspecified atom stereocenters. The van der Waals surface area contributed by atoms with Crippen molar-refractivity contribution < 1.29 is 4.79 Å². The van der Waals surface area contributed by atoms with E-state index < -0.39 is 0 Å². The number of nitrogens with one attached hydrogen (secondary N) is 2. The summed E-state index contributed by atoms with van der Waals surface area (Å²) in [4.78, 5) is 13.6. The van der Waals surface area contributed by atoms with Crippen LogP contribution in [0.4, 0.5) is 4.79 Å². The highest BCUT2D eigenvalue weighted by Gasteiger charge is 2.30. The number of hydrogen-bond donors (Lipinski definition) is 3. The molecule has 5 nitrogen and oxygen atoms in total. The van der Waals surface area contributed by atoms with Gasteiger partial charge in [-0.3, -0.25) is 5.41 Å². The van der Waals surface area contributed by atoms with Gasteiger partial charge in [0, 0.05) is 13.1 Å². The average Bonchev–Trinajstić information content (AvgIpc) is 2.86. The van der Waals surface area contributed by atoms with Crippen molar-refractivity contribution in [3.8, 4) is 0 Å². The molecule has 0 radical (unpaired) electrons. The molecule has 1 aromatic rings. The second-order valence-corrected chi connectivity index (χ2v) is 4.45. The summed E-state index contributed by atoms with van der Waals surface area (Å²) >= 11 is 0. The van der Waals surface area contributed by atoms with Crippen LogP contribution in [0.25, 0.3) is 0 Å². The lowest BCUT2D eigenvalue weighted by atomic mass is 10.2. The van der Waals surface area contributed by atoms with Gasteiger partial charge in [-0.2, -0.15) is 0 Å². The first-order chi connectivity index (χ1) is 8.68. The molecular formula is C13H18N4O. The fourth-order valence-corrected chi connectivity index (χ4v) is 2.21. The van der Waals surface area contributed by atoms with Gasteiger partial charge in [0.05, 0.1) is 6.04 Å². The normalized spacial score (nSPS) is 18.7. The molecule has 5 heteroatoms. The highest BCUT2D eigenvalue weighted by molar-refractivity contribution is 5.88. The Hall–Kier alpha value is -2.04. The van der Waals surface area contributed by atoms with Crippen molar-refractivity contribution in [3.05, 3.63) is 35.9 Å². The summed E-state index contributed by atoms with van der Waals surface area (Å²) in [7, 11) is 0. The minimum atomic E-state index is -0.235. The molecule has 18 heavy (non-hydrogen) atoms. The second kappa shape index (κ2) is 5.53. The van der Waals surface area contributed by atoms with Crippen LogP contribution in [-0.4, -0.2) is 29.4 Å². The van der Waals surface area contributed by atoms with E-state index >= 15 is 0 Å². The SMILES string of the molecule is N=C(N)C1CCCN1C(=O)NCc1ccccc1. The summed E-state index contributed by atoms with van der Waals surface area (Å²) < 4.78 is 0. The molecule has 1 atom stereocenters. The number of hydrogen-bond acceptors (Lipinski definition) is 2. The molecule has 0 aliphatic carbocycles. The monoisotopic (exact) mass is 246 g/mol. The van der Waals surface area contributed by atoms with Crippen LogP contribution in [0.1, 0.15) is 18.4 Å². The van der Waals surface area contributed by atoms with Gasteiger partial charge < -0.3 is 16.0 Å². The highest BCUT2D eigenvalue weighted by atomic mass is 16.2. The number of carbonyl (C=O) groups is 1. The third-order valence-electron chi connectivity index (χ3n) is 3.16. The summed E-state index contributed by atoms with van der Waals surface area (Å²) in [6, 6.07) is 9.37. The van der Waals surface area contributed by atoms with Gasteiger partial charge in [-0.15, -0.1) is 0 Å². The molecule has 0 saturated carbocycles. The van der Waals surface area contributed by atoms with Crippen LogP contribution in [0, 0.1) is 5.41 Å². The van der Waals surface area contributed by atoms with Crippen LogP contribution >= 0.6 is 0 Å². The predicted molar refractivity (Wildman–Crippen MR) is 70.3 cm³/mol. The number of rotatable bonds is 3. The number of amides is 2. The van der Waals surface area contributed by atoms with E-state index in [0.29, 0.717) is 13.1 Å². The van der Waals surface area contributed by atoms with Gasteiger partial charge in [0.1, 0.15) is 5.84 Å². The van der Waals surface area contributed by atoms with Crippen LogP contribution in [0.15, 0.2) is 30.3 Å². The number of benzene rings is 1. The smallest absolute Gasteiger partial charge is 0.318 e. The zero-order valence-corrected chi connectivity index (χ0v) is 10.2. The maximum atomic E-state index is 12.0. The van der Waals surface area contributed by atoms with Gasteiger partial charge in [0.2, 0.25) is 0 Å². The highest BCUT2D eigenvalue weighted by Crippen LogP contribution is 2.16. The zero-order valence-electron chi connectivity index (χ0n) is 10.2. The van der Waals surface area contributed by atoms with E-state index in [9.17, 15) is 4.79 Å². The quantitative estimate of drug-likeness (QED) is 0.555. The first-order valence-corrected chi connectivity index (χ1v) is 6.11. The summed E-state index contributed by atoms with van der Waals surface area (Å²) in [6.45, 7) is 1.17. The van der Waals surface area contributed by atoms with Gasteiger partial charge in [0.25, 0.3) is 0 Å². The fraction of sp³-hybridized carbons (Fsp3) is 0.385. The molecule has 0 spiro atoms. The topological polar surface area (TPSA) is 82.2 Å². The molecule has 1 aliphatic heterocycles. The molecule has 2 rings (SSSR count). The summed E-state index contributed by atoms with van der Waals surface area (Å²) in [6.07, 6.45) is 1.69. The van der Waals surface area contributed by atoms with Crippen LogP contribution in [-0.2, 0) is 6.54 Å². The molecule has 1 heterocycles. The van der Waals surface area contributed by atoms with Gasteiger partial charge in [0.15, 0.2) is 0 Å². The van der Waals surface area contributed by atoms with Gasteiger partial charge >= 0.3 is 6.03 Å². The summed E-state index contributed by atoms with van der Waals surface area (Å²) in [5, 5.41) is 10.3. The Morgan fingerprint density at radius 3 is 2.83 bits per heavy atom. The Kier molecular flexibility index (Phi) is 3.82. The molecular weight excluding hydrogens is 228 g/mol. The Morgan fingerprint density at radius 2 is 2.17 bits per heavy atom. The van der Waals surface area contributed by atoms with E-state index in [1.54, 1.807) is 4.90 Å². The third-order valence-corrected chi connectivity index (χ3v) is 3.16. The first-order valence-electron chi connectivity index (χ1n) is 6.11. The van der Waals surface area contributed by atoms with Crippen molar-refractivity contribution in [2.24, 2.45) is 5.73 Å². The van der Waals surface area contributed by atoms with E-state index in [0.717, 1.165) is 18.4 Å². The van der Waals surface area contributed by atoms with Gasteiger partial charge in [-0.05, 0) is 18.4 Å².